The highest BCUT2D eigenvalue weighted by atomic mass is 79.9. The quantitative estimate of drug-likeness (QED) is 0.231. The van der Waals surface area contributed by atoms with E-state index in [4.69, 9.17) is 4.74 Å². The van der Waals surface area contributed by atoms with Crippen LogP contribution in [0.1, 0.15) is 18.9 Å². The van der Waals surface area contributed by atoms with Crippen LogP contribution < -0.4 is 10.1 Å². The summed E-state index contributed by atoms with van der Waals surface area (Å²) in [6.45, 7) is 2.44. The zero-order valence-corrected chi connectivity index (χ0v) is 17.9. The molecule has 9 heteroatoms. The van der Waals surface area contributed by atoms with Crippen LogP contribution in [-0.4, -0.2) is 17.4 Å². The average Bonchev–Trinajstić information content (AvgIpc) is 2.65. The number of nitro groups is 1. The number of anilines is 1. The van der Waals surface area contributed by atoms with E-state index in [0.717, 1.165) is 10.9 Å². The minimum Gasteiger partial charge on any atom is -0.492 e. The number of nitrogens with one attached hydrogen (secondary N) is 1. The molecule has 2 rings (SSSR count). The topological polar surface area (TPSA) is 105 Å². The molecular formula is C19H15Br2N3O4. The van der Waals surface area contributed by atoms with E-state index >= 15 is 0 Å². The lowest BCUT2D eigenvalue weighted by molar-refractivity contribution is -0.384. The fourth-order valence-corrected chi connectivity index (χ4v) is 3.62. The largest absolute Gasteiger partial charge is 0.492 e. The van der Waals surface area contributed by atoms with Crippen molar-refractivity contribution in [2.75, 3.05) is 11.9 Å². The Hall–Kier alpha value is -2.70. The normalized spacial score (nSPS) is 10.9. The fraction of sp³-hybridized carbons (Fsp3) is 0.158. The van der Waals surface area contributed by atoms with Crippen LogP contribution in [-0.2, 0) is 4.79 Å². The maximum atomic E-state index is 12.5. The highest BCUT2D eigenvalue weighted by molar-refractivity contribution is 9.11. The number of ether oxygens (including phenoxy) is 1. The first-order chi connectivity index (χ1) is 13.3. The van der Waals surface area contributed by atoms with Gasteiger partial charge in [-0.2, -0.15) is 5.26 Å². The van der Waals surface area contributed by atoms with Gasteiger partial charge < -0.3 is 10.1 Å². The van der Waals surface area contributed by atoms with Crippen molar-refractivity contribution in [3.8, 4) is 11.8 Å². The monoisotopic (exact) mass is 507 g/mol. The Kier molecular flexibility index (Phi) is 7.72. The number of carbonyl (C=O) groups excluding carboxylic acids is 1. The van der Waals surface area contributed by atoms with Crippen LogP contribution in [0, 0.1) is 21.4 Å². The first-order valence-electron chi connectivity index (χ1n) is 8.15. The van der Waals surface area contributed by atoms with Crippen LogP contribution in [0.2, 0.25) is 0 Å². The summed E-state index contributed by atoms with van der Waals surface area (Å²) in [7, 11) is 0. The van der Waals surface area contributed by atoms with Crippen molar-refractivity contribution in [3.05, 3.63) is 66.6 Å². The molecule has 0 spiro atoms. The lowest BCUT2D eigenvalue weighted by atomic mass is 10.1. The van der Waals surface area contributed by atoms with E-state index in [9.17, 15) is 20.2 Å². The molecule has 0 radical (unpaired) electrons. The second-order valence-corrected chi connectivity index (χ2v) is 7.36. The Morgan fingerprint density at radius 2 is 2.11 bits per heavy atom. The van der Waals surface area contributed by atoms with Crippen LogP contribution in [0.15, 0.2) is 50.9 Å². The van der Waals surface area contributed by atoms with Gasteiger partial charge in [-0.15, -0.1) is 0 Å². The molecule has 0 aliphatic carbocycles. The van der Waals surface area contributed by atoms with Crippen molar-refractivity contribution in [2.24, 2.45) is 0 Å². The van der Waals surface area contributed by atoms with Crippen molar-refractivity contribution >= 4 is 55.2 Å². The maximum Gasteiger partial charge on any atom is 0.271 e. The molecule has 7 nitrogen and oxygen atoms in total. The van der Waals surface area contributed by atoms with Crippen LogP contribution in [0.4, 0.5) is 11.4 Å². The van der Waals surface area contributed by atoms with Gasteiger partial charge in [0.25, 0.3) is 11.6 Å². The predicted octanol–water partition coefficient (Wildman–Crippen LogP) is 5.45. The summed E-state index contributed by atoms with van der Waals surface area (Å²) in [5.74, 6) is -0.165. The number of halogens is 2. The summed E-state index contributed by atoms with van der Waals surface area (Å²) >= 11 is 6.80. The molecular weight excluding hydrogens is 494 g/mol. The molecule has 144 valence electrons. The molecule has 28 heavy (non-hydrogen) atoms. The number of nitriles is 1. The van der Waals surface area contributed by atoms with E-state index < -0.39 is 10.8 Å². The smallest absolute Gasteiger partial charge is 0.271 e. The molecule has 0 fully saturated rings. The molecule has 0 aromatic heterocycles. The van der Waals surface area contributed by atoms with Crippen molar-refractivity contribution in [1.82, 2.24) is 0 Å². The van der Waals surface area contributed by atoms with E-state index in [1.807, 2.05) is 13.0 Å². The van der Waals surface area contributed by atoms with Crippen LogP contribution in [0.25, 0.3) is 6.08 Å². The van der Waals surface area contributed by atoms with Crippen LogP contribution in [0.5, 0.6) is 5.75 Å². The third kappa shape index (κ3) is 5.65. The Bertz CT molecular complexity index is 984. The Labute approximate surface area is 178 Å². The second kappa shape index (κ2) is 10.0. The number of non-ortho nitro benzene ring substituents is 1. The summed E-state index contributed by atoms with van der Waals surface area (Å²) in [6, 6.07) is 10.9. The van der Waals surface area contributed by atoms with Gasteiger partial charge in [-0.05, 0) is 46.6 Å². The molecule has 0 atom stereocenters. The van der Waals surface area contributed by atoms with Gasteiger partial charge in [0.05, 0.1) is 16.0 Å². The number of rotatable bonds is 7. The lowest BCUT2D eigenvalue weighted by Crippen LogP contribution is -2.13. The Morgan fingerprint density at radius 1 is 1.36 bits per heavy atom. The summed E-state index contributed by atoms with van der Waals surface area (Å²) in [5.41, 5.74) is 0.433. The molecule has 1 N–H and O–H groups in total. The summed E-state index contributed by atoms with van der Waals surface area (Å²) in [4.78, 5) is 22.8. The maximum absolute atomic E-state index is 12.5. The highest BCUT2D eigenvalue weighted by Crippen LogP contribution is 2.34. The molecule has 0 heterocycles. The Balaban J connectivity index is 2.35. The number of benzene rings is 2. The van der Waals surface area contributed by atoms with Crippen molar-refractivity contribution in [2.45, 2.75) is 13.3 Å². The molecule has 0 saturated carbocycles. The van der Waals surface area contributed by atoms with E-state index in [-0.39, 0.29) is 16.9 Å². The minimum absolute atomic E-state index is 0.161. The highest BCUT2D eigenvalue weighted by Gasteiger charge is 2.15. The van der Waals surface area contributed by atoms with E-state index in [1.54, 1.807) is 12.1 Å². The molecule has 1 amide bonds. The predicted molar refractivity (Wildman–Crippen MR) is 113 cm³/mol. The summed E-state index contributed by atoms with van der Waals surface area (Å²) in [5, 5.41) is 22.8. The number of hydrogen-bond donors (Lipinski definition) is 1. The zero-order valence-electron chi connectivity index (χ0n) is 14.7. The Morgan fingerprint density at radius 3 is 2.75 bits per heavy atom. The molecule has 2 aromatic carbocycles. The standard InChI is InChI=1S/C19H15Br2N3O4/c1-2-6-28-18-12(8-14(20)9-17(18)21)7-13(11-22)19(25)23-15-4-3-5-16(10-15)24(26)27/h3-5,7-10H,2,6H2,1H3,(H,23,25)/b13-7+. The second-order valence-electron chi connectivity index (χ2n) is 5.59. The fourth-order valence-electron chi connectivity index (χ4n) is 2.24. The number of hydrogen-bond acceptors (Lipinski definition) is 5. The van der Waals surface area contributed by atoms with Crippen molar-refractivity contribution < 1.29 is 14.5 Å². The summed E-state index contributed by atoms with van der Waals surface area (Å²) in [6.07, 6.45) is 2.21. The first-order valence-corrected chi connectivity index (χ1v) is 9.73. The number of nitro benzene ring substituents is 1. The number of nitrogens with zero attached hydrogens (tertiary/aromatic N) is 2. The van der Waals surface area contributed by atoms with Gasteiger partial charge in [-0.1, -0.05) is 28.9 Å². The van der Waals surface area contributed by atoms with Gasteiger partial charge in [0.15, 0.2) is 0 Å². The van der Waals surface area contributed by atoms with Gasteiger partial charge >= 0.3 is 0 Å². The lowest BCUT2D eigenvalue weighted by Gasteiger charge is -2.12. The molecule has 0 unspecified atom stereocenters. The van der Waals surface area contributed by atoms with Gasteiger partial charge in [-0.3, -0.25) is 14.9 Å². The van der Waals surface area contributed by atoms with E-state index in [1.165, 1.54) is 30.3 Å². The van der Waals surface area contributed by atoms with Crippen molar-refractivity contribution in [1.29, 1.82) is 5.26 Å². The van der Waals surface area contributed by atoms with E-state index in [2.05, 4.69) is 37.2 Å². The molecule has 2 aromatic rings. The van der Waals surface area contributed by atoms with Gasteiger partial charge in [0.2, 0.25) is 0 Å². The minimum atomic E-state index is -0.680. The average molecular weight is 509 g/mol. The number of carbonyl (C=O) groups is 1. The third-order valence-electron chi connectivity index (χ3n) is 3.47. The van der Waals surface area contributed by atoms with Crippen LogP contribution in [0.3, 0.4) is 0 Å². The molecule has 0 bridgehead atoms. The van der Waals surface area contributed by atoms with Gasteiger partial charge in [0, 0.05) is 27.9 Å². The van der Waals surface area contributed by atoms with Crippen molar-refractivity contribution in [3.63, 3.8) is 0 Å². The summed E-state index contributed by atoms with van der Waals surface area (Å²) < 4.78 is 7.15. The van der Waals surface area contributed by atoms with Crippen LogP contribution >= 0.6 is 31.9 Å². The van der Waals surface area contributed by atoms with E-state index in [0.29, 0.717) is 22.4 Å². The molecule has 0 aliphatic heterocycles. The van der Waals surface area contributed by atoms with Gasteiger partial charge in [-0.25, -0.2) is 0 Å². The number of amides is 1. The van der Waals surface area contributed by atoms with Gasteiger partial charge in [0.1, 0.15) is 17.4 Å². The SMILES string of the molecule is CCCOc1c(Br)cc(Br)cc1/C=C(\C#N)C(=O)Nc1cccc([N+](=O)[O-])c1. The zero-order chi connectivity index (χ0) is 20.7. The molecule has 0 aliphatic rings. The molecule has 0 saturated heterocycles. The first kappa shape index (κ1) is 21.6. The third-order valence-corrected chi connectivity index (χ3v) is 4.51.